The van der Waals surface area contributed by atoms with Crippen molar-refractivity contribution in [3.8, 4) is 0 Å². The molecule has 2 atom stereocenters. The summed E-state index contributed by atoms with van der Waals surface area (Å²) in [7, 11) is -3.60. The Morgan fingerprint density at radius 2 is 1.90 bits per heavy atom. The molecule has 0 bridgehead atoms. The van der Waals surface area contributed by atoms with Gasteiger partial charge in [-0.1, -0.05) is 0 Å². The van der Waals surface area contributed by atoms with E-state index in [1.807, 2.05) is 0 Å². The Morgan fingerprint density at radius 3 is 2.30 bits per heavy atom. The van der Waals surface area contributed by atoms with Crippen molar-refractivity contribution >= 4 is 21.7 Å². The maximum absolute atomic E-state index is 12.5. The number of ether oxygens (including phenoxy) is 1. The molecule has 1 saturated heterocycles. The van der Waals surface area contributed by atoms with Crippen molar-refractivity contribution in [2.45, 2.75) is 31.6 Å². The Morgan fingerprint density at radius 1 is 1.35 bits per heavy atom. The summed E-state index contributed by atoms with van der Waals surface area (Å²) in [6.45, 7) is 4.72. The average molecular weight is 307 g/mol. The molecule has 7 nitrogen and oxygen atoms in total. The first-order chi connectivity index (χ1) is 9.04. The number of hydrogen-bond acceptors (Lipinski definition) is 5. The first-order valence-electron chi connectivity index (χ1n) is 6.35. The number of carboxylic acid groups (broad SMARTS) is 1. The maximum atomic E-state index is 12.5. The monoisotopic (exact) mass is 307 g/mol. The zero-order valence-corrected chi connectivity index (χ0v) is 12.9. The predicted octanol–water partition coefficient (Wildman–Crippen LogP) is -0.242. The highest BCUT2D eigenvalue weighted by atomic mass is 32.2. The Balaban J connectivity index is 3.08. The van der Waals surface area contributed by atoms with Crippen LogP contribution in [0.4, 0.5) is 0 Å². The number of carbonyl (C=O) groups excluding carboxylic acids is 1. The van der Waals surface area contributed by atoms with Crippen LogP contribution in [0.25, 0.3) is 0 Å². The molecule has 0 radical (unpaired) electrons. The minimum Gasteiger partial charge on any atom is -0.481 e. The number of sulfone groups is 1. The molecule has 0 aromatic rings. The zero-order chi connectivity index (χ0) is 15.7. The first-order valence-corrected chi connectivity index (χ1v) is 8.24. The number of aliphatic carboxylic acids is 1. The molecule has 20 heavy (non-hydrogen) atoms. The maximum Gasteiger partial charge on any atom is 0.311 e. The number of nitrogens with zero attached hydrogens (tertiary/aromatic N) is 1. The van der Waals surface area contributed by atoms with E-state index < -0.39 is 38.4 Å². The fourth-order valence-electron chi connectivity index (χ4n) is 2.12. The lowest BCUT2D eigenvalue weighted by Gasteiger charge is -2.35. The Kier molecular flexibility index (Phi) is 4.81. The molecule has 0 aliphatic carbocycles. The number of carbonyl (C=O) groups is 2. The van der Waals surface area contributed by atoms with Crippen LogP contribution in [-0.2, 0) is 24.2 Å². The van der Waals surface area contributed by atoms with Gasteiger partial charge in [0.2, 0.25) is 5.91 Å². The van der Waals surface area contributed by atoms with Crippen molar-refractivity contribution in [2.75, 3.05) is 26.0 Å². The largest absolute Gasteiger partial charge is 0.481 e. The number of carboxylic acids is 1. The van der Waals surface area contributed by atoms with Crippen LogP contribution in [0.15, 0.2) is 0 Å². The molecule has 1 aliphatic rings. The minimum atomic E-state index is -3.60. The SMILES string of the molecule is CCN(C(=O)C(C)(C)S(C)(=O)=O)C1COCC1C(=O)O. The first kappa shape index (κ1) is 16.9. The van der Waals surface area contributed by atoms with Gasteiger partial charge in [0.15, 0.2) is 9.84 Å². The van der Waals surface area contributed by atoms with Crippen LogP contribution >= 0.6 is 0 Å². The van der Waals surface area contributed by atoms with Crippen molar-refractivity contribution in [2.24, 2.45) is 5.92 Å². The number of hydrogen-bond donors (Lipinski definition) is 1. The van der Waals surface area contributed by atoms with Gasteiger partial charge < -0.3 is 14.7 Å². The van der Waals surface area contributed by atoms with Crippen molar-refractivity contribution in [1.82, 2.24) is 4.90 Å². The van der Waals surface area contributed by atoms with Gasteiger partial charge in [-0.05, 0) is 20.8 Å². The van der Waals surface area contributed by atoms with Gasteiger partial charge in [0.1, 0.15) is 10.7 Å². The van der Waals surface area contributed by atoms with Crippen LogP contribution < -0.4 is 0 Å². The van der Waals surface area contributed by atoms with Gasteiger partial charge in [0, 0.05) is 12.8 Å². The Labute approximate surface area is 118 Å². The van der Waals surface area contributed by atoms with E-state index in [4.69, 9.17) is 9.84 Å². The van der Waals surface area contributed by atoms with Gasteiger partial charge in [-0.3, -0.25) is 9.59 Å². The van der Waals surface area contributed by atoms with Crippen molar-refractivity contribution in [1.29, 1.82) is 0 Å². The van der Waals surface area contributed by atoms with Crippen molar-refractivity contribution < 1.29 is 27.9 Å². The van der Waals surface area contributed by atoms with Crippen LogP contribution in [0, 0.1) is 5.92 Å². The van der Waals surface area contributed by atoms with Gasteiger partial charge in [0.25, 0.3) is 0 Å². The summed E-state index contributed by atoms with van der Waals surface area (Å²) in [5.74, 6) is -2.46. The molecule has 0 saturated carbocycles. The fourth-order valence-corrected chi connectivity index (χ4v) is 2.55. The van der Waals surface area contributed by atoms with Gasteiger partial charge in [-0.15, -0.1) is 0 Å². The normalized spacial score (nSPS) is 23.6. The second kappa shape index (κ2) is 5.69. The summed E-state index contributed by atoms with van der Waals surface area (Å²) in [5.41, 5.74) is 0. The molecule has 1 aliphatic heterocycles. The number of amides is 1. The third kappa shape index (κ3) is 2.95. The number of rotatable bonds is 5. The second-order valence-corrected chi connectivity index (χ2v) is 7.99. The third-order valence-electron chi connectivity index (χ3n) is 3.81. The van der Waals surface area contributed by atoms with E-state index in [2.05, 4.69) is 0 Å². The van der Waals surface area contributed by atoms with E-state index in [0.717, 1.165) is 6.26 Å². The van der Waals surface area contributed by atoms with E-state index in [1.165, 1.54) is 18.7 Å². The molecular weight excluding hydrogens is 286 g/mol. The lowest BCUT2D eigenvalue weighted by atomic mass is 10.0. The summed E-state index contributed by atoms with van der Waals surface area (Å²) < 4.78 is 27.0. The topological polar surface area (TPSA) is 101 Å². The molecule has 116 valence electrons. The van der Waals surface area contributed by atoms with Crippen LogP contribution in [0.3, 0.4) is 0 Å². The third-order valence-corrected chi connectivity index (χ3v) is 5.84. The molecule has 0 aromatic heterocycles. The van der Waals surface area contributed by atoms with Crippen LogP contribution in [0.2, 0.25) is 0 Å². The predicted molar refractivity (Wildman–Crippen MR) is 72.0 cm³/mol. The van der Waals surface area contributed by atoms with Crippen LogP contribution in [0.5, 0.6) is 0 Å². The highest BCUT2D eigenvalue weighted by molar-refractivity contribution is 7.92. The molecule has 1 N–H and O–H groups in total. The van der Waals surface area contributed by atoms with E-state index in [0.29, 0.717) is 0 Å². The van der Waals surface area contributed by atoms with E-state index in [1.54, 1.807) is 6.92 Å². The lowest BCUT2D eigenvalue weighted by Crippen LogP contribution is -2.55. The minimum absolute atomic E-state index is 0.0308. The Bertz CT molecular complexity index is 498. The molecule has 0 aromatic carbocycles. The van der Waals surface area contributed by atoms with Crippen LogP contribution in [0.1, 0.15) is 20.8 Å². The summed E-state index contributed by atoms with van der Waals surface area (Å²) in [5, 5.41) is 9.14. The zero-order valence-electron chi connectivity index (χ0n) is 12.1. The standard InChI is InChI=1S/C12H21NO6S/c1-5-13(9-7-19-6-8(9)10(14)15)11(16)12(2,3)20(4,17)18/h8-9H,5-7H2,1-4H3,(H,14,15). The molecule has 1 fully saturated rings. The molecule has 8 heteroatoms. The second-order valence-electron chi connectivity index (χ2n) is 5.42. The smallest absolute Gasteiger partial charge is 0.311 e. The molecule has 0 spiro atoms. The van der Waals surface area contributed by atoms with Gasteiger partial charge >= 0.3 is 5.97 Å². The van der Waals surface area contributed by atoms with Gasteiger partial charge in [-0.2, -0.15) is 0 Å². The summed E-state index contributed by atoms with van der Waals surface area (Å²) in [4.78, 5) is 25.0. The molecule has 1 heterocycles. The molecule has 1 amide bonds. The van der Waals surface area contributed by atoms with E-state index in [-0.39, 0.29) is 19.8 Å². The Hall–Kier alpha value is -1.15. The number of likely N-dealkylation sites (N-methyl/N-ethyl adjacent to an activating group) is 1. The summed E-state index contributed by atoms with van der Waals surface area (Å²) in [6.07, 6.45) is 0.999. The summed E-state index contributed by atoms with van der Waals surface area (Å²) >= 11 is 0. The highest BCUT2D eigenvalue weighted by Gasteiger charge is 2.46. The van der Waals surface area contributed by atoms with Crippen LogP contribution in [-0.4, -0.2) is 67.1 Å². The molecule has 2 unspecified atom stereocenters. The molecule has 1 rings (SSSR count). The highest BCUT2D eigenvalue weighted by Crippen LogP contribution is 2.25. The fraction of sp³-hybridized carbons (Fsp3) is 0.833. The quantitative estimate of drug-likeness (QED) is 0.752. The van der Waals surface area contributed by atoms with Gasteiger partial charge in [-0.25, -0.2) is 8.42 Å². The summed E-state index contributed by atoms with van der Waals surface area (Å²) in [6, 6.07) is -0.633. The lowest BCUT2D eigenvalue weighted by molar-refractivity contribution is -0.145. The molecular formula is C12H21NO6S. The van der Waals surface area contributed by atoms with E-state index in [9.17, 15) is 18.0 Å². The van der Waals surface area contributed by atoms with Gasteiger partial charge in [0.05, 0.1) is 19.3 Å². The van der Waals surface area contributed by atoms with Crippen molar-refractivity contribution in [3.63, 3.8) is 0 Å². The van der Waals surface area contributed by atoms with Crippen molar-refractivity contribution in [3.05, 3.63) is 0 Å². The van der Waals surface area contributed by atoms with E-state index >= 15 is 0 Å². The average Bonchev–Trinajstić information content (AvgIpc) is 2.77.